The third kappa shape index (κ3) is 2.52. The van der Waals surface area contributed by atoms with E-state index in [4.69, 9.17) is 16.3 Å². The molecule has 84 valence electrons. The predicted molar refractivity (Wildman–Crippen MR) is 57.3 cm³/mol. The summed E-state index contributed by atoms with van der Waals surface area (Å²) in [4.78, 5) is 0. The Morgan fingerprint density at radius 1 is 1.60 bits per heavy atom. The van der Waals surface area contributed by atoms with Gasteiger partial charge in [0.15, 0.2) is 5.82 Å². The standard InChI is InChI=1S/C10H13ClFNO2/c1-13-4-3-6-7(14)5-8(15-2)9(11)10(6)12/h5,13-14H,3-4H2,1-2H3. The number of halogens is 2. The van der Waals surface area contributed by atoms with Crippen LogP contribution in [0.2, 0.25) is 5.02 Å². The molecule has 0 unspecified atom stereocenters. The molecule has 0 spiro atoms. The SMILES string of the molecule is CNCCc1c(O)cc(OC)c(Cl)c1F. The van der Waals surface area contributed by atoms with Crippen LogP contribution in [0, 0.1) is 5.82 Å². The minimum absolute atomic E-state index is 0.0959. The van der Waals surface area contributed by atoms with Gasteiger partial charge in [-0.1, -0.05) is 11.6 Å². The van der Waals surface area contributed by atoms with Crippen molar-refractivity contribution >= 4 is 11.6 Å². The molecule has 0 aliphatic rings. The largest absolute Gasteiger partial charge is 0.507 e. The molecule has 0 saturated heterocycles. The molecule has 0 amide bonds. The van der Waals surface area contributed by atoms with E-state index < -0.39 is 5.82 Å². The molecule has 1 aromatic carbocycles. The third-order valence-electron chi connectivity index (χ3n) is 2.10. The van der Waals surface area contributed by atoms with Crippen molar-refractivity contribution in [1.29, 1.82) is 0 Å². The number of likely N-dealkylation sites (N-methyl/N-ethyl adjacent to an activating group) is 1. The van der Waals surface area contributed by atoms with Gasteiger partial charge >= 0.3 is 0 Å². The Kier molecular flexibility index (Phi) is 4.17. The predicted octanol–water partition coefficient (Wildman–Crippen LogP) is 1.96. The Bertz CT molecular complexity index is 358. The minimum atomic E-state index is -0.622. The fourth-order valence-electron chi connectivity index (χ4n) is 1.26. The Morgan fingerprint density at radius 2 is 2.27 bits per heavy atom. The topological polar surface area (TPSA) is 41.5 Å². The fourth-order valence-corrected chi connectivity index (χ4v) is 1.51. The zero-order valence-electron chi connectivity index (χ0n) is 8.60. The zero-order valence-corrected chi connectivity index (χ0v) is 9.36. The van der Waals surface area contributed by atoms with Gasteiger partial charge in [-0.05, 0) is 20.0 Å². The van der Waals surface area contributed by atoms with Crippen LogP contribution >= 0.6 is 11.6 Å². The Morgan fingerprint density at radius 3 is 2.80 bits per heavy atom. The number of aromatic hydroxyl groups is 1. The molecular weight excluding hydrogens is 221 g/mol. The second-order valence-electron chi connectivity index (χ2n) is 3.06. The summed E-state index contributed by atoms with van der Waals surface area (Å²) >= 11 is 5.72. The fraction of sp³-hybridized carbons (Fsp3) is 0.400. The molecule has 15 heavy (non-hydrogen) atoms. The van der Waals surface area contributed by atoms with E-state index in [-0.39, 0.29) is 22.1 Å². The first-order valence-corrected chi connectivity index (χ1v) is 4.88. The van der Waals surface area contributed by atoms with Crippen LogP contribution < -0.4 is 10.1 Å². The number of phenols is 1. The minimum Gasteiger partial charge on any atom is -0.507 e. The number of methoxy groups -OCH3 is 1. The molecule has 1 rings (SSSR count). The van der Waals surface area contributed by atoms with Gasteiger partial charge in [-0.15, -0.1) is 0 Å². The molecule has 0 aliphatic heterocycles. The monoisotopic (exact) mass is 233 g/mol. The second-order valence-corrected chi connectivity index (χ2v) is 3.44. The number of phenolic OH excluding ortho intramolecular Hbond substituents is 1. The van der Waals surface area contributed by atoms with Crippen LogP contribution in [0.15, 0.2) is 6.07 Å². The molecule has 3 nitrogen and oxygen atoms in total. The van der Waals surface area contributed by atoms with Crippen LogP contribution in [0.1, 0.15) is 5.56 Å². The van der Waals surface area contributed by atoms with E-state index in [1.807, 2.05) is 0 Å². The van der Waals surface area contributed by atoms with Gasteiger partial charge in [0.05, 0.1) is 7.11 Å². The number of rotatable bonds is 4. The summed E-state index contributed by atoms with van der Waals surface area (Å²) in [6.07, 6.45) is 0.373. The summed E-state index contributed by atoms with van der Waals surface area (Å²) in [5.41, 5.74) is 0.204. The average molecular weight is 234 g/mol. The Labute approximate surface area is 92.8 Å². The summed E-state index contributed by atoms with van der Waals surface area (Å²) in [6.45, 7) is 0.563. The van der Waals surface area contributed by atoms with Gasteiger partial charge in [-0.2, -0.15) is 0 Å². The molecule has 2 N–H and O–H groups in total. The van der Waals surface area contributed by atoms with Crippen molar-refractivity contribution in [2.24, 2.45) is 0 Å². The van der Waals surface area contributed by atoms with Gasteiger partial charge in [0.2, 0.25) is 0 Å². The number of hydrogen-bond acceptors (Lipinski definition) is 3. The van der Waals surface area contributed by atoms with Crippen molar-refractivity contribution in [3.05, 3.63) is 22.5 Å². The van der Waals surface area contributed by atoms with Gasteiger partial charge in [-0.3, -0.25) is 0 Å². The van der Waals surface area contributed by atoms with E-state index in [9.17, 15) is 9.50 Å². The highest BCUT2D eigenvalue weighted by molar-refractivity contribution is 6.32. The zero-order chi connectivity index (χ0) is 11.4. The van der Waals surface area contributed by atoms with Gasteiger partial charge in [-0.25, -0.2) is 4.39 Å². The first-order valence-electron chi connectivity index (χ1n) is 4.50. The smallest absolute Gasteiger partial charge is 0.152 e. The quantitative estimate of drug-likeness (QED) is 0.835. The second kappa shape index (κ2) is 5.19. The highest BCUT2D eigenvalue weighted by atomic mass is 35.5. The van der Waals surface area contributed by atoms with Crippen molar-refractivity contribution < 1.29 is 14.2 Å². The van der Waals surface area contributed by atoms with Crippen molar-refractivity contribution in [1.82, 2.24) is 5.32 Å². The lowest BCUT2D eigenvalue weighted by Gasteiger charge is -2.10. The van der Waals surface area contributed by atoms with E-state index >= 15 is 0 Å². The lowest BCUT2D eigenvalue weighted by molar-refractivity contribution is 0.400. The summed E-state index contributed by atoms with van der Waals surface area (Å²) in [5.74, 6) is -0.618. The Balaban J connectivity index is 3.11. The van der Waals surface area contributed by atoms with Crippen molar-refractivity contribution in [3.63, 3.8) is 0 Å². The molecular formula is C10H13ClFNO2. The molecule has 1 aromatic rings. The van der Waals surface area contributed by atoms with Crippen LogP contribution in [-0.2, 0) is 6.42 Å². The molecule has 0 atom stereocenters. The molecule has 0 fully saturated rings. The van der Waals surface area contributed by atoms with Gasteiger partial charge in [0.1, 0.15) is 16.5 Å². The van der Waals surface area contributed by atoms with Gasteiger partial charge in [0, 0.05) is 11.6 Å². The molecule has 0 saturated carbocycles. The third-order valence-corrected chi connectivity index (χ3v) is 2.45. The lowest BCUT2D eigenvalue weighted by Crippen LogP contribution is -2.11. The molecule has 0 aliphatic carbocycles. The van der Waals surface area contributed by atoms with E-state index in [2.05, 4.69) is 5.32 Å². The number of nitrogens with one attached hydrogen (secondary N) is 1. The molecule has 0 radical (unpaired) electrons. The van der Waals surface area contributed by atoms with E-state index in [1.165, 1.54) is 13.2 Å². The maximum absolute atomic E-state index is 13.6. The summed E-state index contributed by atoms with van der Waals surface area (Å²) in [6, 6.07) is 1.32. The van der Waals surface area contributed by atoms with Crippen molar-refractivity contribution in [2.45, 2.75) is 6.42 Å². The highest BCUT2D eigenvalue weighted by Crippen LogP contribution is 2.35. The average Bonchev–Trinajstić information content (AvgIpc) is 2.23. The highest BCUT2D eigenvalue weighted by Gasteiger charge is 2.16. The maximum atomic E-state index is 13.6. The van der Waals surface area contributed by atoms with Crippen LogP contribution in [0.3, 0.4) is 0 Å². The van der Waals surface area contributed by atoms with Gasteiger partial charge < -0.3 is 15.2 Å². The van der Waals surface area contributed by atoms with Crippen LogP contribution in [0.5, 0.6) is 11.5 Å². The summed E-state index contributed by atoms with van der Waals surface area (Å²) in [5, 5.41) is 12.3. The summed E-state index contributed by atoms with van der Waals surface area (Å²) < 4.78 is 18.5. The first kappa shape index (κ1) is 12.1. The van der Waals surface area contributed by atoms with Crippen LogP contribution in [0.4, 0.5) is 4.39 Å². The van der Waals surface area contributed by atoms with Crippen molar-refractivity contribution in [2.75, 3.05) is 20.7 Å². The number of benzene rings is 1. The number of ether oxygens (including phenoxy) is 1. The maximum Gasteiger partial charge on any atom is 0.152 e. The van der Waals surface area contributed by atoms with E-state index in [0.717, 1.165) is 0 Å². The normalized spacial score (nSPS) is 10.4. The number of hydrogen-bond donors (Lipinski definition) is 2. The van der Waals surface area contributed by atoms with Crippen molar-refractivity contribution in [3.8, 4) is 11.5 Å². The lowest BCUT2D eigenvalue weighted by atomic mass is 10.1. The molecule has 0 heterocycles. The first-order chi connectivity index (χ1) is 7.11. The van der Waals surface area contributed by atoms with E-state index in [1.54, 1.807) is 7.05 Å². The molecule has 5 heteroatoms. The van der Waals surface area contributed by atoms with Crippen LogP contribution in [-0.4, -0.2) is 25.8 Å². The van der Waals surface area contributed by atoms with E-state index in [0.29, 0.717) is 13.0 Å². The molecule has 0 bridgehead atoms. The van der Waals surface area contributed by atoms with Crippen LogP contribution in [0.25, 0.3) is 0 Å². The summed E-state index contributed by atoms with van der Waals surface area (Å²) in [7, 11) is 3.12. The van der Waals surface area contributed by atoms with Gasteiger partial charge in [0.25, 0.3) is 0 Å². The molecule has 0 aromatic heterocycles. The Hall–Kier alpha value is -1.000.